The van der Waals surface area contributed by atoms with Crippen molar-refractivity contribution in [2.75, 3.05) is 18.3 Å². The molecule has 25 heavy (non-hydrogen) atoms. The van der Waals surface area contributed by atoms with Gasteiger partial charge in [0.1, 0.15) is 6.33 Å². The zero-order chi connectivity index (χ0) is 18.1. The van der Waals surface area contributed by atoms with Gasteiger partial charge < -0.3 is 24.9 Å². The van der Waals surface area contributed by atoms with Crippen LogP contribution >= 0.6 is 7.60 Å². The molecule has 10 nitrogen and oxygen atoms in total. The molecule has 4 N–H and O–H groups in total. The minimum Gasteiger partial charge on any atom is -0.391 e. The molecule has 1 fully saturated rings. The average Bonchev–Trinajstić information content (AvgIpc) is 2.97. The Bertz CT molecular complexity index is 783. The number of anilines is 1. The quantitative estimate of drug-likeness (QED) is 0.500. The largest absolute Gasteiger partial charge is 0.391 e. The first-order chi connectivity index (χ1) is 11.9. The van der Waals surface area contributed by atoms with Gasteiger partial charge in [-0.25, -0.2) is 15.0 Å². The van der Waals surface area contributed by atoms with Gasteiger partial charge in [-0.15, -0.1) is 0 Å². The van der Waals surface area contributed by atoms with E-state index in [2.05, 4.69) is 20.3 Å². The van der Waals surface area contributed by atoms with Gasteiger partial charge in [-0.05, 0) is 25.7 Å². The number of rotatable bonds is 8. The van der Waals surface area contributed by atoms with Crippen LogP contribution in [0.15, 0.2) is 12.7 Å². The number of nitrogens with zero attached hydrogens (tertiary/aromatic N) is 4. The molecule has 0 spiro atoms. The summed E-state index contributed by atoms with van der Waals surface area (Å²) in [7, 11) is -4.39. The molecular formula is C14H22N5O5P. The smallest absolute Gasteiger partial charge is 0.351 e. The summed E-state index contributed by atoms with van der Waals surface area (Å²) in [6.07, 6.45) is 5.64. The number of imidazole rings is 1. The second kappa shape index (κ2) is 6.97. The standard InChI is InChI=1S/C14H22N5O5P/c1-2-14(6-20,24-9-25(21,22)23)19-8-17-11-12(15-7-16-13(11)19)18-10-4-3-5-10/h7-8,10,20H,2-6,9H2,1H3,(H,15,16,18)(H2,21,22,23). The average molecular weight is 371 g/mol. The maximum Gasteiger partial charge on any atom is 0.351 e. The van der Waals surface area contributed by atoms with Crippen molar-refractivity contribution in [3.63, 3.8) is 0 Å². The first-order valence-electron chi connectivity index (χ1n) is 8.13. The van der Waals surface area contributed by atoms with E-state index in [0.29, 0.717) is 23.0 Å². The molecular weight excluding hydrogens is 349 g/mol. The van der Waals surface area contributed by atoms with Gasteiger partial charge in [-0.1, -0.05) is 6.92 Å². The summed E-state index contributed by atoms with van der Waals surface area (Å²) in [5.41, 5.74) is -0.406. The predicted octanol–water partition coefficient (Wildman–Crippen LogP) is 0.998. The van der Waals surface area contributed by atoms with Gasteiger partial charge in [-0.3, -0.25) is 9.13 Å². The third-order valence-corrected chi connectivity index (χ3v) is 4.98. The van der Waals surface area contributed by atoms with Crippen molar-refractivity contribution in [1.29, 1.82) is 0 Å². The summed E-state index contributed by atoms with van der Waals surface area (Å²) in [5, 5.41) is 13.2. The van der Waals surface area contributed by atoms with Gasteiger partial charge in [0.15, 0.2) is 29.1 Å². The highest BCUT2D eigenvalue weighted by atomic mass is 31.2. The molecule has 0 aromatic carbocycles. The molecule has 0 amide bonds. The second-order valence-corrected chi connectivity index (χ2v) is 7.76. The summed E-state index contributed by atoms with van der Waals surface area (Å²) in [4.78, 5) is 31.0. The van der Waals surface area contributed by atoms with E-state index in [1.54, 1.807) is 6.92 Å². The molecule has 0 saturated heterocycles. The molecule has 2 heterocycles. The van der Waals surface area contributed by atoms with E-state index in [4.69, 9.17) is 14.5 Å². The SMILES string of the molecule is CCC(CO)(OCP(=O)(O)O)n1cnc2c(NC3CCC3)ncnc21. The summed E-state index contributed by atoms with van der Waals surface area (Å²) in [6, 6.07) is 0.364. The lowest BCUT2D eigenvalue weighted by atomic mass is 9.93. The number of aliphatic hydroxyl groups is 1. The fourth-order valence-corrected chi connectivity index (χ4v) is 3.17. The van der Waals surface area contributed by atoms with Crippen LogP contribution in [0.25, 0.3) is 11.2 Å². The molecule has 1 aliphatic rings. The van der Waals surface area contributed by atoms with Crippen LogP contribution in [0.5, 0.6) is 0 Å². The number of hydrogen-bond acceptors (Lipinski definition) is 7. The highest BCUT2D eigenvalue weighted by Gasteiger charge is 2.35. The Morgan fingerprint density at radius 3 is 2.72 bits per heavy atom. The summed E-state index contributed by atoms with van der Waals surface area (Å²) < 4.78 is 18.1. The number of fused-ring (bicyclic) bond motifs is 1. The van der Waals surface area contributed by atoms with Crippen LogP contribution in [0.2, 0.25) is 0 Å². The molecule has 11 heteroatoms. The Morgan fingerprint density at radius 1 is 1.40 bits per heavy atom. The lowest BCUT2D eigenvalue weighted by Crippen LogP contribution is -2.40. The summed E-state index contributed by atoms with van der Waals surface area (Å²) in [5.74, 6) is 0.603. The fourth-order valence-electron chi connectivity index (χ4n) is 2.76. The molecule has 0 radical (unpaired) electrons. The monoisotopic (exact) mass is 371 g/mol. The molecule has 1 unspecified atom stereocenters. The molecule has 1 atom stereocenters. The van der Waals surface area contributed by atoms with Gasteiger partial charge >= 0.3 is 7.60 Å². The molecule has 138 valence electrons. The summed E-state index contributed by atoms with van der Waals surface area (Å²) in [6.45, 7) is 1.26. The van der Waals surface area contributed by atoms with Gasteiger partial charge in [0.25, 0.3) is 0 Å². The molecule has 1 aliphatic carbocycles. The molecule has 2 aromatic rings. The van der Waals surface area contributed by atoms with Crippen LogP contribution < -0.4 is 5.32 Å². The molecule has 0 aliphatic heterocycles. The molecule has 1 saturated carbocycles. The van der Waals surface area contributed by atoms with E-state index in [1.165, 1.54) is 23.6 Å². The second-order valence-electron chi connectivity index (χ2n) is 6.18. The lowest BCUT2D eigenvalue weighted by Gasteiger charge is -2.32. The maximum absolute atomic E-state index is 11.2. The summed E-state index contributed by atoms with van der Waals surface area (Å²) >= 11 is 0. The van der Waals surface area contributed by atoms with Crippen LogP contribution in [-0.4, -0.2) is 53.4 Å². The van der Waals surface area contributed by atoms with Crippen molar-refractivity contribution in [3.8, 4) is 0 Å². The van der Waals surface area contributed by atoms with E-state index in [0.717, 1.165) is 12.8 Å². The Kier molecular flexibility index (Phi) is 5.08. The van der Waals surface area contributed by atoms with Crippen LogP contribution in [0, 0.1) is 0 Å². The zero-order valence-electron chi connectivity index (χ0n) is 13.9. The number of ether oxygens (including phenoxy) is 1. The number of nitrogens with one attached hydrogen (secondary N) is 1. The van der Waals surface area contributed by atoms with Crippen molar-refractivity contribution >= 4 is 24.6 Å². The fraction of sp³-hybridized carbons (Fsp3) is 0.643. The first kappa shape index (κ1) is 18.2. The van der Waals surface area contributed by atoms with Crippen molar-refractivity contribution in [2.24, 2.45) is 0 Å². The highest BCUT2D eigenvalue weighted by Crippen LogP contribution is 2.38. The highest BCUT2D eigenvalue weighted by molar-refractivity contribution is 7.51. The van der Waals surface area contributed by atoms with E-state index >= 15 is 0 Å². The molecule has 3 rings (SSSR count). The predicted molar refractivity (Wildman–Crippen MR) is 89.9 cm³/mol. The van der Waals surface area contributed by atoms with E-state index < -0.39 is 26.3 Å². The van der Waals surface area contributed by atoms with Gasteiger partial charge in [-0.2, -0.15) is 0 Å². The Balaban J connectivity index is 1.97. The third-order valence-electron chi connectivity index (χ3n) is 4.52. The normalized spacial score (nSPS) is 18.1. The molecule has 0 bridgehead atoms. The van der Waals surface area contributed by atoms with Crippen LogP contribution in [0.4, 0.5) is 5.82 Å². The van der Waals surface area contributed by atoms with E-state index in [9.17, 15) is 9.67 Å². The van der Waals surface area contributed by atoms with Crippen molar-refractivity contribution < 1.29 is 24.2 Å². The minimum absolute atomic E-state index is 0.268. The number of hydrogen-bond donors (Lipinski definition) is 4. The maximum atomic E-state index is 11.2. The van der Waals surface area contributed by atoms with E-state index in [1.807, 2.05) is 0 Å². The van der Waals surface area contributed by atoms with Crippen LogP contribution in [0.3, 0.4) is 0 Å². The van der Waals surface area contributed by atoms with E-state index in [-0.39, 0.29) is 6.42 Å². The van der Waals surface area contributed by atoms with Gasteiger partial charge in [0.2, 0.25) is 0 Å². The Morgan fingerprint density at radius 2 is 2.16 bits per heavy atom. The lowest BCUT2D eigenvalue weighted by molar-refractivity contribution is -0.125. The van der Waals surface area contributed by atoms with Crippen molar-refractivity contribution in [2.45, 2.75) is 44.4 Å². The minimum atomic E-state index is -4.39. The topological polar surface area (TPSA) is 143 Å². The first-order valence-corrected chi connectivity index (χ1v) is 9.93. The Labute approximate surface area is 144 Å². The molecule has 2 aromatic heterocycles. The van der Waals surface area contributed by atoms with Gasteiger partial charge in [0.05, 0.1) is 12.9 Å². The van der Waals surface area contributed by atoms with Crippen molar-refractivity contribution in [3.05, 3.63) is 12.7 Å². The number of aliphatic hydroxyl groups excluding tert-OH is 1. The zero-order valence-corrected chi connectivity index (χ0v) is 14.8. The number of aromatic nitrogens is 4. The van der Waals surface area contributed by atoms with Crippen LogP contribution in [-0.2, 0) is 15.0 Å². The van der Waals surface area contributed by atoms with Crippen LogP contribution in [0.1, 0.15) is 32.6 Å². The third kappa shape index (κ3) is 3.68. The Hall–Kier alpha value is -1.58. The van der Waals surface area contributed by atoms with Crippen molar-refractivity contribution in [1.82, 2.24) is 19.5 Å². The van der Waals surface area contributed by atoms with Gasteiger partial charge in [0, 0.05) is 6.04 Å².